The number of methoxy groups -OCH3 is 1. The van der Waals surface area contributed by atoms with Gasteiger partial charge >= 0.3 is 0 Å². The van der Waals surface area contributed by atoms with Crippen molar-refractivity contribution in [3.8, 4) is 0 Å². The number of rotatable bonds is 7. The van der Waals surface area contributed by atoms with Gasteiger partial charge in [0.05, 0.1) is 18.8 Å². The molecule has 1 heterocycles. The highest BCUT2D eigenvalue weighted by Crippen LogP contribution is 2.25. The predicted octanol–water partition coefficient (Wildman–Crippen LogP) is 2.19. The number of likely N-dealkylation sites (tertiary alicyclic amines) is 1. The Hall–Kier alpha value is -1.93. The predicted molar refractivity (Wildman–Crippen MR) is 82.6 cm³/mol. The summed E-state index contributed by atoms with van der Waals surface area (Å²) in [6.45, 7) is 1.21. The minimum absolute atomic E-state index is 0.0802. The van der Waals surface area contributed by atoms with Crippen molar-refractivity contribution in [3.63, 3.8) is 0 Å². The van der Waals surface area contributed by atoms with Crippen molar-refractivity contribution < 1.29 is 32.2 Å². The first-order valence-corrected chi connectivity index (χ1v) is 7.97. The lowest BCUT2D eigenvalue weighted by atomic mass is 9.88. The Morgan fingerprint density at radius 2 is 1.72 bits per heavy atom. The fourth-order valence-electron chi connectivity index (χ4n) is 2.77. The third-order valence-corrected chi connectivity index (χ3v) is 4.13. The summed E-state index contributed by atoms with van der Waals surface area (Å²) in [7, 11) is 1.53. The minimum atomic E-state index is -1.20. The Bertz CT molecular complexity index is 607. The van der Waals surface area contributed by atoms with Crippen LogP contribution in [0.5, 0.6) is 0 Å². The Morgan fingerprint density at radius 1 is 1.12 bits per heavy atom. The summed E-state index contributed by atoms with van der Waals surface area (Å²) < 4.78 is 50.4. The molecular weight excluding hydrogens is 339 g/mol. The molecule has 1 fully saturated rings. The molecular formula is C17H20F3NO4. The van der Waals surface area contributed by atoms with E-state index in [0.717, 1.165) is 0 Å². The molecule has 1 aromatic rings. The molecule has 5 nitrogen and oxygen atoms in total. The van der Waals surface area contributed by atoms with Gasteiger partial charge in [-0.3, -0.25) is 9.59 Å². The maximum absolute atomic E-state index is 13.7. The maximum Gasteiger partial charge on any atom is 0.248 e. The molecule has 1 saturated heterocycles. The van der Waals surface area contributed by atoms with E-state index in [2.05, 4.69) is 0 Å². The van der Waals surface area contributed by atoms with E-state index in [0.29, 0.717) is 51.3 Å². The number of halogens is 3. The zero-order valence-corrected chi connectivity index (χ0v) is 13.9. The monoisotopic (exact) mass is 359 g/mol. The Labute approximate surface area is 143 Å². The second kappa shape index (κ2) is 8.96. The Kier molecular flexibility index (Phi) is 6.95. The van der Waals surface area contributed by atoms with Gasteiger partial charge in [-0.25, -0.2) is 13.2 Å². The summed E-state index contributed by atoms with van der Waals surface area (Å²) >= 11 is 0. The van der Waals surface area contributed by atoms with Crippen LogP contribution in [0.2, 0.25) is 0 Å². The third-order valence-electron chi connectivity index (χ3n) is 4.13. The number of ether oxygens (including phenoxy) is 2. The van der Waals surface area contributed by atoms with Crippen molar-refractivity contribution in [2.45, 2.75) is 12.8 Å². The second-order valence-corrected chi connectivity index (χ2v) is 5.81. The second-order valence-electron chi connectivity index (χ2n) is 5.81. The number of hydrogen-bond acceptors (Lipinski definition) is 4. The molecule has 1 amide bonds. The lowest BCUT2D eigenvalue weighted by Gasteiger charge is -2.31. The number of Topliss-reactive ketones (excluding diaryl/α,β-unsaturated/α-hetero) is 1. The van der Waals surface area contributed by atoms with Gasteiger partial charge < -0.3 is 14.4 Å². The zero-order chi connectivity index (χ0) is 18.4. The molecule has 0 atom stereocenters. The number of hydrogen-bond donors (Lipinski definition) is 0. The van der Waals surface area contributed by atoms with Gasteiger partial charge in [0.2, 0.25) is 5.91 Å². The average molecular weight is 359 g/mol. The fraction of sp³-hybridized carbons (Fsp3) is 0.529. The van der Waals surface area contributed by atoms with Gasteiger partial charge in [0.25, 0.3) is 0 Å². The van der Waals surface area contributed by atoms with Gasteiger partial charge in [0, 0.05) is 38.2 Å². The molecule has 138 valence electrons. The molecule has 0 unspecified atom stereocenters. The van der Waals surface area contributed by atoms with Gasteiger partial charge in [0.15, 0.2) is 5.78 Å². The standard InChI is InChI=1S/C17H20F3NO4/c1-24-6-7-25-10-15(22)21-4-2-11(3-5-21)17(23)16-13(19)8-12(18)9-14(16)20/h8-9,11H,2-7,10H2,1H3. The normalized spacial score (nSPS) is 15.4. The van der Waals surface area contributed by atoms with Crippen LogP contribution >= 0.6 is 0 Å². The van der Waals surface area contributed by atoms with E-state index < -0.39 is 34.7 Å². The number of piperidine rings is 1. The molecule has 1 aliphatic rings. The summed E-state index contributed by atoms with van der Waals surface area (Å²) in [5, 5.41) is 0. The lowest BCUT2D eigenvalue weighted by molar-refractivity contribution is -0.137. The van der Waals surface area contributed by atoms with E-state index in [1.54, 1.807) is 4.90 Å². The molecule has 0 radical (unpaired) electrons. The topological polar surface area (TPSA) is 55.8 Å². The van der Waals surface area contributed by atoms with Crippen molar-refractivity contribution in [2.24, 2.45) is 5.92 Å². The third kappa shape index (κ3) is 5.02. The van der Waals surface area contributed by atoms with Crippen molar-refractivity contribution in [2.75, 3.05) is 40.0 Å². The van der Waals surface area contributed by atoms with E-state index in [1.807, 2.05) is 0 Å². The van der Waals surface area contributed by atoms with E-state index in [-0.39, 0.29) is 12.5 Å². The molecule has 0 spiro atoms. The van der Waals surface area contributed by atoms with Crippen LogP contribution in [0.3, 0.4) is 0 Å². The molecule has 0 saturated carbocycles. The first-order valence-electron chi connectivity index (χ1n) is 7.97. The Balaban J connectivity index is 1.89. The van der Waals surface area contributed by atoms with Gasteiger partial charge in [-0.05, 0) is 12.8 Å². The minimum Gasteiger partial charge on any atom is -0.382 e. The number of carbonyl (C=O) groups is 2. The van der Waals surface area contributed by atoms with Crippen LogP contribution in [0.4, 0.5) is 13.2 Å². The SMILES string of the molecule is COCCOCC(=O)N1CCC(C(=O)c2c(F)cc(F)cc2F)CC1. The highest BCUT2D eigenvalue weighted by Gasteiger charge is 2.31. The number of nitrogens with zero attached hydrogens (tertiary/aromatic N) is 1. The van der Waals surface area contributed by atoms with E-state index in [9.17, 15) is 22.8 Å². The Morgan fingerprint density at radius 3 is 2.28 bits per heavy atom. The number of ketones is 1. The van der Waals surface area contributed by atoms with Crippen LogP contribution < -0.4 is 0 Å². The molecule has 1 aromatic carbocycles. The van der Waals surface area contributed by atoms with Crippen molar-refractivity contribution >= 4 is 11.7 Å². The van der Waals surface area contributed by atoms with Crippen LogP contribution in [0, 0.1) is 23.4 Å². The largest absolute Gasteiger partial charge is 0.382 e. The smallest absolute Gasteiger partial charge is 0.248 e. The lowest BCUT2D eigenvalue weighted by Crippen LogP contribution is -2.42. The van der Waals surface area contributed by atoms with Crippen molar-refractivity contribution in [1.82, 2.24) is 4.90 Å². The molecule has 0 aromatic heterocycles. The van der Waals surface area contributed by atoms with E-state index in [1.165, 1.54) is 7.11 Å². The summed E-state index contributed by atoms with van der Waals surface area (Å²) in [5.74, 6) is -4.98. The van der Waals surface area contributed by atoms with Gasteiger partial charge in [-0.2, -0.15) is 0 Å². The van der Waals surface area contributed by atoms with Crippen LogP contribution in [-0.4, -0.2) is 56.6 Å². The quantitative estimate of drug-likeness (QED) is 0.553. The van der Waals surface area contributed by atoms with E-state index in [4.69, 9.17) is 9.47 Å². The van der Waals surface area contributed by atoms with Gasteiger partial charge in [-0.15, -0.1) is 0 Å². The highest BCUT2D eigenvalue weighted by molar-refractivity contribution is 5.98. The first kappa shape index (κ1) is 19.4. The fourth-order valence-corrected chi connectivity index (χ4v) is 2.77. The molecule has 0 bridgehead atoms. The number of benzene rings is 1. The van der Waals surface area contributed by atoms with Crippen LogP contribution in [0.25, 0.3) is 0 Å². The van der Waals surface area contributed by atoms with E-state index >= 15 is 0 Å². The number of carbonyl (C=O) groups excluding carboxylic acids is 2. The van der Waals surface area contributed by atoms with Crippen molar-refractivity contribution in [1.29, 1.82) is 0 Å². The summed E-state index contributed by atoms with van der Waals surface area (Å²) in [6, 6.07) is 0.985. The molecule has 0 N–H and O–H groups in total. The summed E-state index contributed by atoms with van der Waals surface area (Å²) in [5.41, 5.74) is -0.714. The van der Waals surface area contributed by atoms with Gasteiger partial charge in [0.1, 0.15) is 24.1 Å². The molecule has 25 heavy (non-hydrogen) atoms. The molecule has 2 rings (SSSR count). The highest BCUT2D eigenvalue weighted by atomic mass is 19.1. The van der Waals surface area contributed by atoms with Crippen LogP contribution in [0.15, 0.2) is 12.1 Å². The van der Waals surface area contributed by atoms with Gasteiger partial charge in [-0.1, -0.05) is 0 Å². The molecule has 1 aliphatic heterocycles. The first-order chi connectivity index (χ1) is 11.9. The molecule has 8 heteroatoms. The average Bonchev–Trinajstić information content (AvgIpc) is 2.57. The summed E-state index contributed by atoms with van der Waals surface area (Å²) in [6.07, 6.45) is 0.581. The van der Waals surface area contributed by atoms with Crippen LogP contribution in [-0.2, 0) is 14.3 Å². The number of amides is 1. The summed E-state index contributed by atoms with van der Waals surface area (Å²) in [4.78, 5) is 25.8. The molecule has 0 aliphatic carbocycles. The van der Waals surface area contributed by atoms with Crippen LogP contribution in [0.1, 0.15) is 23.2 Å². The maximum atomic E-state index is 13.7. The zero-order valence-electron chi connectivity index (χ0n) is 13.9. The van der Waals surface area contributed by atoms with Crippen molar-refractivity contribution in [3.05, 3.63) is 35.1 Å².